The number of piperazine rings is 1. The second kappa shape index (κ2) is 14.4. The molecule has 5 rings (SSSR count). The quantitative estimate of drug-likeness (QED) is 0.141. The van der Waals surface area contributed by atoms with E-state index in [0.29, 0.717) is 35.3 Å². The zero-order chi connectivity index (χ0) is 30.9. The number of hydrogen-bond donors (Lipinski definition) is 4. The Morgan fingerprint density at radius 3 is 2.59 bits per heavy atom. The van der Waals surface area contributed by atoms with Crippen LogP contribution in [-0.2, 0) is 6.54 Å². The first-order chi connectivity index (χ1) is 21.4. The minimum atomic E-state index is -0.946. The Balaban J connectivity index is 1.42. The molecule has 1 aromatic heterocycles. The number of amides is 2. The van der Waals surface area contributed by atoms with Crippen molar-refractivity contribution in [2.45, 2.75) is 12.8 Å². The Labute approximate surface area is 257 Å². The molecule has 0 spiro atoms. The van der Waals surface area contributed by atoms with Gasteiger partial charge in [-0.3, -0.25) is 0 Å². The maximum Gasteiger partial charge on any atom is 0.327 e. The summed E-state index contributed by atoms with van der Waals surface area (Å²) in [7, 11) is 3.78. The second-order valence-electron chi connectivity index (χ2n) is 10.4. The molecule has 4 N–H and O–H groups in total. The number of likely N-dealkylation sites (N-methyl/N-ethyl adjacent to an activating group) is 1. The maximum absolute atomic E-state index is 13.7. The van der Waals surface area contributed by atoms with Crippen molar-refractivity contribution in [3.8, 4) is 5.75 Å². The fourth-order valence-corrected chi connectivity index (χ4v) is 4.89. The topological polar surface area (TPSA) is 118 Å². The Morgan fingerprint density at radius 1 is 1.05 bits per heavy atom. The van der Waals surface area contributed by atoms with E-state index >= 15 is 0 Å². The molecular weight excluding hydrogens is 556 g/mol. The smallest absolute Gasteiger partial charge is 0.327 e. The third-order valence-electron chi connectivity index (χ3n) is 7.33. The number of aliphatic hydroxyl groups excluding tert-OH is 1. The van der Waals surface area contributed by atoms with Gasteiger partial charge in [-0.15, -0.1) is 0 Å². The van der Waals surface area contributed by atoms with Gasteiger partial charge in [0.05, 0.1) is 18.5 Å². The molecule has 0 aliphatic carbocycles. The van der Waals surface area contributed by atoms with E-state index in [1.165, 1.54) is 17.3 Å². The molecule has 4 aromatic rings. The zero-order valence-corrected chi connectivity index (χ0v) is 25.0. The van der Waals surface area contributed by atoms with Gasteiger partial charge in [0.2, 0.25) is 0 Å². The molecule has 228 valence electrons. The Hall–Kier alpha value is -5.13. The highest BCUT2D eigenvalue weighted by Gasteiger charge is 2.21. The van der Waals surface area contributed by atoms with E-state index in [2.05, 4.69) is 55.4 Å². The Morgan fingerprint density at radius 2 is 1.84 bits per heavy atom. The zero-order valence-electron chi connectivity index (χ0n) is 25.0. The number of carbonyl (C=O) groups is 1. The van der Waals surface area contributed by atoms with Gasteiger partial charge in [0, 0.05) is 56.2 Å². The van der Waals surface area contributed by atoms with Gasteiger partial charge in [0.15, 0.2) is 0 Å². The standard InChI is InChI=1S/C33H38N8O3/c1-4-32(42)37-25-11-8-12-27(19-25)41(33(43)34-22-24-9-6-5-7-10-24)31-21-30(35-23-36-31)38-28-14-13-26(20-29(28)44-3)40-17-15-39(2)16-18-40/h4-14,19-21,23,32,37,42H,1,15-18,22H2,2-3H3,(H,34,43)(H,35,36,38). The summed E-state index contributed by atoms with van der Waals surface area (Å²) in [6.45, 7) is 7.86. The summed E-state index contributed by atoms with van der Waals surface area (Å²) in [5.74, 6) is 1.51. The molecule has 1 aliphatic heterocycles. The fourth-order valence-electron chi connectivity index (χ4n) is 4.89. The van der Waals surface area contributed by atoms with Crippen molar-refractivity contribution in [3.05, 3.63) is 103 Å². The van der Waals surface area contributed by atoms with Crippen LogP contribution < -0.4 is 30.5 Å². The van der Waals surface area contributed by atoms with Crippen molar-refractivity contribution in [3.63, 3.8) is 0 Å². The lowest BCUT2D eigenvalue weighted by molar-refractivity contribution is 0.248. The molecule has 0 radical (unpaired) electrons. The van der Waals surface area contributed by atoms with Gasteiger partial charge in [0.1, 0.15) is 29.9 Å². The Bertz CT molecular complexity index is 1560. The number of rotatable bonds is 11. The first kappa shape index (κ1) is 30.3. The van der Waals surface area contributed by atoms with Crippen molar-refractivity contribution in [2.24, 2.45) is 0 Å². The van der Waals surface area contributed by atoms with E-state index in [1.54, 1.807) is 37.4 Å². The number of benzene rings is 3. The molecule has 1 atom stereocenters. The van der Waals surface area contributed by atoms with Crippen LogP contribution in [0.15, 0.2) is 97.8 Å². The third-order valence-corrected chi connectivity index (χ3v) is 7.33. The van der Waals surface area contributed by atoms with Crippen molar-refractivity contribution in [1.29, 1.82) is 0 Å². The predicted octanol–water partition coefficient (Wildman–Crippen LogP) is 4.94. The SMILES string of the molecule is C=CC(O)Nc1cccc(N(C(=O)NCc2ccccc2)c2cc(Nc3ccc(N4CCN(C)CC4)cc3OC)ncn2)c1. The summed E-state index contributed by atoms with van der Waals surface area (Å²) in [6.07, 6.45) is 1.84. The average molecular weight is 595 g/mol. The number of urea groups is 1. The summed E-state index contributed by atoms with van der Waals surface area (Å²) in [5.41, 5.74) is 3.94. The van der Waals surface area contributed by atoms with Gasteiger partial charge >= 0.3 is 6.03 Å². The van der Waals surface area contributed by atoms with Crippen LogP contribution >= 0.6 is 0 Å². The van der Waals surface area contributed by atoms with Crippen LogP contribution in [0.25, 0.3) is 0 Å². The molecule has 1 fully saturated rings. The van der Waals surface area contributed by atoms with E-state index in [0.717, 1.165) is 43.1 Å². The van der Waals surface area contributed by atoms with Gasteiger partial charge in [-0.25, -0.2) is 19.7 Å². The molecule has 2 heterocycles. The summed E-state index contributed by atoms with van der Waals surface area (Å²) in [4.78, 5) is 28.7. The van der Waals surface area contributed by atoms with Crippen molar-refractivity contribution < 1.29 is 14.6 Å². The molecule has 0 saturated carbocycles. The third kappa shape index (κ3) is 7.63. The van der Waals surface area contributed by atoms with Crippen LogP contribution in [0.1, 0.15) is 5.56 Å². The van der Waals surface area contributed by atoms with Crippen LogP contribution in [0.3, 0.4) is 0 Å². The molecule has 0 bridgehead atoms. The van der Waals surface area contributed by atoms with E-state index in [4.69, 9.17) is 4.74 Å². The van der Waals surface area contributed by atoms with Crippen LogP contribution in [0.5, 0.6) is 5.75 Å². The van der Waals surface area contributed by atoms with Gasteiger partial charge in [-0.2, -0.15) is 0 Å². The highest BCUT2D eigenvalue weighted by molar-refractivity contribution is 5.99. The highest BCUT2D eigenvalue weighted by Crippen LogP contribution is 2.33. The normalized spacial score (nSPS) is 13.9. The number of methoxy groups -OCH3 is 1. The molecule has 3 aromatic carbocycles. The van der Waals surface area contributed by atoms with Crippen LogP contribution in [0.2, 0.25) is 0 Å². The number of anilines is 6. The molecular formula is C33H38N8O3. The van der Waals surface area contributed by atoms with Gasteiger partial charge < -0.3 is 35.6 Å². The van der Waals surface area contributed by atoms with Crippen LogP contribution in [0, 0.1) is 0 Å². The lowest BCUT2D eigenvalue weighted by Crippen LogP contribution is -2.44. The van der Waals surface area contributed by atoms with E-state index in [-0.39, 0.29) is 6.03 Å². The monoisotopic (exact) mass is 594 g/mol. The van der Waals surface area contributed by atoms with Crippen molar-refractivity contribution in [2.75, 3.05) is 60.8 Å². The first-order valence-electron chi connectivity index (χ1n) is 14.4. The Kier molecular flexibility index (Phi) is 9.90. The fraction of sp³-hybridized carbons (Fsp3) is 0.242. The maximum atomic E-state index is 13.7. The largest absolute Gasteiger partial charge is 0.494 e. The van der Waals surface area contributed by atoms with Crippen LogP contribution in [-0.4, -0.2) is 72.6 Å². The summed E-state index contributed by atoms with van der Waals surface area (Å²) >= 11 is 0. The molecule has 1 saturated heterocycles. The summed E-state index contributed by atoms with van der Waals surface area (Å²) < 4.78 is 5.73. The van der Waals surface area contributed by atoms with Crippen LogP contribution in [0.4, 0.5) is 39.2 Å². The van der Waals surface area contributed by atoms with Gasteiger partial charge in [0.25, 0.3) is 0 Å². The summed E-state index contributed by atoms with van der Waals surface area (Å²) in [5, 5.41) is 19.3. The lowest BCUT2D eigenvalue weighted by atomic mass is 10.2. The molecule has 1 aliphatic rings. The summed E-state index contributed by atoms with van der Waals surface area (Å²) in [6, 6.07) is 24.2. The number of aromatic nitrogens is 2. The average Bonchev–Trinajstić information content (AvgIpc) is 3.05. The number of hydrogen-bond acceptors (Lipinski definition) is 9. The van der Waals surface area contributed by atoms with Gasteiger partial charge in [-0.1, -0.05) is 43.0 Å². The first-order valence-corrected chi connectivity index (χ1v) is 14.4. The molecule has 11 heteroatoms. The van der Waals surface area contributed by atoms with E-state index in [1.807, 2.05) is 42.5 Å². The number of ether oxygens (including phenoxy) is 1. The lowest BCUT2D eigenvalue weighted by Gasteiger charge is -2.34. The van der Waals surface area contributed by atoms with Crippen molar-refractivity contribution >= 4 is 40.4 Å². The molecule has 11 nitrogen and oxygen atoms in total. The van der Waals surface area contributed by atoms with Crippen molar-refractivity contribution in [1.82, 2.24) is 20.2 Å². The molecule has 1 unspecified atom stereocenters. The second-order valence-corrected chi connectivity index (χ2v) is 10.4. The minimum Gasteiger partial charge on any atom is -0.494 e. The molecule has 44 heavy (non-hydrogen) atoms. The molecule has 2 amide bonds. The number of carbonyl (C=O) groups excluding carboxylic acids is 1. The van der Waals surface area contributed by atoms with E-state index < -0.39 is 6.23 Å². The van der Waals surface area contributed by atoms with E-state index in [9.17, 15) is 9.90 Å². The minimum absolute atomic E-state index is 0.330. The number of aliphatic hydroxyl groups is 1. The van der Waals surface area contributed by atoms with Gasteiger partial charge in [-0.05, 0) is 49.0 Å². The predicted molar refractivity (Wildman–Crippen MR) is 175 cm³/mol. The number of nitrogens with one attached hydrogen (secondary N) is 3. The number of nitrogens with zero attached hydrogens (tertiary/aromatic N) is 5. The highest BCUT2D eigenvalue weighted by atomic mass is 16.5.